The zero-order valence-electron chi connectivity index (χ0n) is 13.4. The van der Waals surface area contributed by atoms with Gasteiger partial charge in [0, 0.05) is 37.4 Å². The average molecular weight is 333 g/mol. The highest BCUT2D eigenvalue weighted by Gasteiger charge is 2.23. The Morgan fingerprint density at radius 1 is 1.39 bits per heavy atom. The highest BCUT2D eigenvalue weighted by molar-refractivity contribution is 6.30. The van der Waals surface area contributed by atoms with E-state index in [2.05, 4.69) is 15.3 Å². The van der Waals surface area contributed by atoms with Crippen molar-refractivity contribution in [2.45, 2.75) is 13.3 Å². The van der Waals surface area contributed by atoms with Gasteiger partial charge in [-0.15, -0.1) is 0 Å². The van der Waals surface area contributed by atoms with Crippen LogP contribution in [-0.2, 0) is 7.05 Å². The van der Waals surface area contributed by atoms with Crippen molar-refractivity contribution in [1.82, 2.24) is 15.1 Å². The summed E-state index contributed by atoms with van der Waals surface area (Å²) in [6.45, 7) is 4.53. The van der Waals surface area contributed by atoms with Gasteiger partial charge in [-0.25, -0.2) is 0 Å². The van der Waals surface area contributed by atoms with Crippen LogP contribution in [-0.4, -0.2) is 35.3 Å². The Morgan fingerprint density at radius 3 is 2.78 bits per heavy atom. The molecule has 0 bridgehead atoms. The summed E-state index contributed by atoms with van der Waals surface area (Å²) < 4.78 is 1.62. The summed E-state index contributed by atoms with van der Waals surface area (Å²) in [5.74, 6) is 0.405. The van der Waals surface area contributed by atoms with Gasteiger partial charge >= 0.3 is 0 Å². The smallest absolute Gasteiger partial charge is 0.269 e. The molecule has 23 heavy (non-hydrogen) atoms. The van der Waals surface area contributed by atoms with Crippen molar-refractivity contribution < 1.29 is 4.79 Å². The normalized spacial score (nSPS) is 17.5. The molecule has 3 rings (SSSR count). The number of hydrogen-bond acceptors (Lipinski definition) is 3. The minimum atomic E-state index is -0.0574. The van der Waals surface area contributed by atoms with Crippen molar-refractivity contribution in [3.05, 3.63) is 46.7 Å². The van der Waals surface area contributed by atoms with E-state index in [1.54, 1.807) is 11.7 Å². The maximum atomic E-state index is 12.2. The lowest BCUT2D eigenvalue weighted by Crippen LogP contribution is -2.32. The molecule has 1 amide bonds. The monoisotopic (exact) mass is 332 g/mol. The number of hydrogen-bond donors (Lipinski definition) is 1. The Kier molecular flexibility index (Phi) is 4.57. The Bertz CT molecular complexity index is 695. The molecule has 5 nitrogen and oxygen atoms in total. The summed E-state index contributed by atoms with van der Waals surface area (Å²) in [6, 6.07) is 9.72. The van der Waals surface area contributed by atoms with Gasteiger partial charge in [-0.1, -0.05) is 11.6 Å². The first-order valence-corrected chi connectivity index (χ1v) is 8.20. The van der Waals surface area contributed by atoms with E-state index >= 15 is 0 Å². The molecule has 1 aromatic heterocycles. The van der Waals surface area contributed by atoms with Crippen LogP contribution in [0.2, 0.25) is 5.02 Å². The van der Waals surface area contributed by atoms with Crippen molar-refractivity contribution in [3.8, 4) is 0 Å². The summed E-state index contributed by atoms with van der Waals surface area (Å²) in [5.41, 5.74) is 2.65. The fourth-order valence-corrected chi connectivity index (χ4v) is 3.16. The SMILES string of the molecule is Cc1cc(C(=O)NCC2CCN(c3ccc(Cl)cc3)C2)n(C)n1. The molecular weight excluding hydrogens is 312 g/mol. The van der Waals surface area contributed by atoms with Crippen molar-refractivity contribution in [1.29, 1.82) is 0 Å². The largest absolute Gasteiger partial charge is 0.371 e. The molecular formula is C17H21ClN4O. The van der Waals surface area contributed by atoms with Gasteiger partial charge in [-0.2, -0.15) is 5.10 Å². The number of halogens is 1. The average Bonchev–Trinajstić information content (AvgIpc) is 3.12. The van der Waals surface area contributed by atoms with E-state index in [1.165, 1.54) is 5.69 Å². The summed E-state index contributed by atoms with van der Waals surface area (Å²) in [6.07, 6.45) is 1.08. The van der Waals surface area contributed by atoms with E-state index < -0.39 is 0 Å². The Balaban J connectivity index is 1.53. The number of nitrogens with one attached hydrogen (secondary N) is 1. The Hall–Kier alpha value is -2.01. The maximum absolute atomic E-state index is 12.2. The second-order valence-corrected chi connectivity index (χ2v) is 6.52. The second-order valence-electron chi connectivity index (χ2n) is 6.08. The number of amides is 1. The summed E-state index contributed by atoms with van der Waals surface area (Å²) in [4.78, 5) is 14.6. The van der Waals surface area contributed by atoms with Crippen molar-refractivity contribution in [3.63, 3.8) is 0 Å². The van der Waals surface area contributed by atoms with E-state index in [0.717, 1.165) is 30.2 Å². The quantitative estimate of drug-likeness (QED) is 0.936. The predicted octanol–water partition coefficient (Wildman–Crippen LogP) is 2.64. The number of rotatable bonds is 4. The molecule has 1 N–H and O–H groups in total. The minimum absolute atomic E-state index is 0.0574. The van der Waals surface area contributed by atoms with Gasteiger partial charge < -0.3 is 10.2 Å². The van der Waals surface area contributed by atoms with Crippen molar-refractivity contribution >= 4 is 23.2 Å². The van der Waals surface area contributed by atoms with E-state index in [-0.39, 0.29) is 5.91 Å². The molecule has 1 aliphatic heterocycles. The summed E-state index contributed by atoms with van der Waals surface area (Å²) in [5, 5.41) is 7.99. The molecule has 0 saturated carbocycles. The van der Waals surface area contributed by atoms with Crippen LogP contribution in [0.25, 0.3) is 0 Å². The maximum Gasteiger partial charge on any atom is 0.269 e. The van der Waals surface area contributed by atoms with E-state index in [0.29, 0.717) is 18.2 Å². The van der Waals surface area contributed by atoms with Gasteiger partial charge in [0.05, 0.1) is 5.69 Å². The number of carbonyl (C=O) groups excluding carboxylic acids is 1. The van der Waals surface area contributed by atoms with Gasteiger partial charge in [0.25, 0.3) is 5.91 Å². The zero-order chi connectivity index (χ0) is 16.4. The van der Waals surface area contributed by atoms with E-state index in [1.807, 2.05) is 37.3 Å². The van der Waals surface area contributed by atoms with Crippen LogP contribution in [0.1, 0.15) is 22.6 Å². The fourth-order valence-electron chi connectivity index (χ4n) is 3.04. The number of benzene rings is 1. The minimum Gasteiger partial charge on any atom is -0.371 e. The fraction of sp³-hybridized carbons (Fsp3) is 0.412. The lowest BCUT2D eigenvalue weighted by atomic mass is 10.1. The number of nitrogens with zero attached hydrogens (tertiary/aromatic N) is 3. The van der Waals surface area contributed by atoms with E-state index in [4.69, 9.17) is 11.6 Å². The van der Waals surface area contributed by atoms with Crippen molar-refractivity contribution in [2.75, 3.05) is 24.5 Å². The third kappa shape index (κ3) is 3.67. The van der Waals surface area contributed by atoms with Crippen LogP contribution in [0, 0.1) is 12.8 Å². The summed E-state index contributed by atoms with van der Waals surface area (Å²) >= 11 is 5.93. The topological polar surface area (TPSA) is 50.2 Å². The molecule has 0 spiro atoms. The molecule has 1 aromatic carbocycles. The highest BCUT2D eigenvalue weighted by atomic mass is 35.5. The third-order valence-corrected chi connectivity index (χ3v) is 4.52. The number of anilines is 1. The first kappa shape index (κ1) is 15.9. The number of carbonyl (C=O) groups is 1. The zero-order valence-corrected chi connectivity index (χ0v) is 14.2. The van der Waals surface area contributed by atoms with Crippen LogP contribution in [0.15, 0.2) is 30.3 Å². The standard InChI is InChI=1S/C17H21ClN4O/c1-12-9-16(21(2)20-12)17(23)19-10-13-7-8-22(11-13)15-5-3-14(18)4-6-15/h3-6,9,13H,7-8,10-11H2,1-2H3,(H,19,23). The van der Waals surface area contributed by atoms with Crippen LogP contribution in [0.5, 0.6) is 0 Å². The number of aromatic nitrogens is 2. The molecule has 2 aromatic rings. The van der Waals surface area contributed by atoms with Gasteiger partial charge in [0.2, 0.25) is 0 Å². The first-order valence-electron chi connectivity index (χ1n) is 7.82. The van der Waals surface area contributed by atoms with Crippen LogP contribution >= 0.6 is 11.6 Å². The highest BCUT2D eigenvalue weighted by Crippen LogP contribution is 2.24. The lowest BCUT2D eigenvalue weighted by Gasteiger charge is -2.19. The van der Waals surface area contributed by atoms with Gasteiger partial charge in [-0.05, 0) is 49.6 Å². The van der Waals surface area contributed by atoms with Crippen LogP contribution in [0.4, 0.5) is 5.69 Å². The Labute approximate surface area is 141 Å². The molecule has 6 heteroatoms. The van der Waals surface area contributed by atoms with Crippen molar-refractivity contribution in [2.24, 2.45) is 13.0 Å². The van der Waals surface area contributed by atoms with Gasteiger partial charge in [-0.3, -0.25) is 9.48 Å². The molecule has 1 atom stereocenters. The predicted molar refractivity (Wildman–Crippen MR) is 92.1 cm³/mol. The molecule has 1 fully saturated rings. The molecule has 1 saturated heterocycles. The molecule has 1 aliphatic rings. The lowest BCUT2D eigenvalue weighted by molar-refractivity contribution is 0.0939. The summed E-state index contributed by atoms with van der Waals surface area (Å²) in [7, 11) is 1.79. The third-order valence-electron chi connectivity index (χ3n) is 4.26. The Morgan fingerprint density at radius 2 is 2.13 bits per heavy atom. The van der Waals surface area contributed by atoms with Gasteiger partial charge in [0.15, 0.2) is 0 Å². The molecule has 0 radical (unpaired) electrons. The first-order chi connectivity index (χ1) is 11.0. The molecule has 0 aliphatic carbocycles. The van der Waals surface area contributed by atoms with Gasteiger partial charge in [0.1, 0.15) is 5.69 Å². The van der Waals surface area contributed by atoms with Crippen LogP contribution < -0.4 is 10.2 Å². The van der Waals surface area contributed by atoms with E-state index in [9.17, 15) is 4.79 Å². The molecule has 1 unspecified atom stereocenters. The molecule has 122 valence electrons. The second kappa shape index (κ2) is 6.62. The molecule has 2 heterocycles. The number of aryl methyl sites for hydroxylation is 2. The van der Waals surface area contributed by atoms with Crippen LogP contribution in [0.3, 0.4) is 0 Å².